The Bertz CT molecular complexity index is 787. The summed E-state index contributed by atoms with van der Waals surface area (Å²) in [4.78, 5) is 13.5. The predicted octanol–water partition coefficient (Wildman–Crippen LogP) is 2.02. The highest BCUT2D eigenvalue weighted by atomic mass is 35.5. The second-order valence-corrected chi connectivity index (χ2v) is 6.20. The first-order valence-corrected chi connectivity index (χ1v) is 7.50. The van der Waals surface area contributed by atoms with Gasteiger partial charge in [-0.25, -0.2) is 18.1 Å². The van der Waals surface area contributed by atoms with Gasteiger partial charge in [0.25, 0.3) is 5.69 Å². The van der Waals surface area contributed by atoms with Crippen molar-refractivity contribution in [2.45, 2.75) is 18.4 Å². The molecule has 10 heteroatoms. The fourth-order valence-electron chi connectivity index (χ4n) is 1.53. The van der Waals surface area contributed by atoms with Crippen LogP contribution >= 0.6 is 11.6 Å². The van der Waals surface area contributed by atoms with Crippen molar-refractivity contribution in [1.29, 1.82) is 0 Å². The minimum absolute atomic E-state index is 0.114. The molecular formula is C11H10ClN3O5S. The summed E-state index contributed by atoms with van der Waals surface area (Å²) in [5.41, 5.74) is -0.369. The molecule has 0 radical (unpaired) electrons. The first-order valence-electron chi connectivity index (χ1n) is 5.64. The molecule has 1 aromatic carbocycles. The molecule has 1 N–H and O–H groups in total. The SMILES string of the molecule is Cc1cnc(CNS(=O)(=O)c2cc([N+](=O)[O-])ccc2Cl)o1. The second kappa shape index (κ2) is 5.80. The Hall–Kier alpha value is -1.97. The van der Waals surface area contributed by atoms with Crippen molar-refractivity contribution in [3.8, 4) is 0 Å². The lowest BCUT2D eigenvalue weighted by Crippen LogP contribution is -2.23. The average Bonchev–Trinajstić information content (AvgIpc) is 2.82. The van der Waals surface area contributed by atoms with Crippen LogP contribution in [-0.4, -0.2) is 18.3 Å². The van der Waals surface area contributed by atoms with Crippen molar-refractivity contribution in [3.05, 3.63) is 51.2 Å². The number of rotatable bonds is 5. The summed E-state index contributed by atoms with van der Waals surface area (Å²) < 4.78 is 31.6. The quantitative estimate of drug-likeness (QED) is 0.662. The van der Waals surface area contributed by atoms with Crippen LogP contribution in [0.2, 0.25) is 5.02 Å². The Labute approximate surface area is 124 Å². The fraction of sp³-hybridized carbons (Fsp3) is 0.182. The van der Waals surface area contributed by atoms with Gasteiger partial charge in [-0.2, -0.15) is 0 Å². The lowest BCUT2D eigenvalue weighted by Gasteiger charge is -2.06. The monoisotopic (exact) mass is 331 g/mol. The molecule has 0 atom stereocenters. The third-order valence-corrected chi connectivity index (χ3v) is 4.38. The highest BCUT2D eigenvalue weighted by Crippen LogP contribution is 2.26. The normalized spacial score (nSPS) is 11.5. The van der Waals surface area contributed by atoms with Crippen molar-refractivity contribution in [2.75, 3.05) is 0 Å². The Kier molecular flexibility index (Phi) is 4.26. The number of non-ortho nitro benzene ring substituents is 1. The largest absolute Gasteiger partial charge is 0.445 e. The summed E-state index contributed by atoms with van der Waals surface area (Å²) in [5.74, 6) is 0.718. The van der Waals surface area contributed by atoms with Gasteiger partial charge in [0, 0.05) is 12.1 Å². The topological polar surface area (TPSA) is 115 Å². The maximum Gasteiger partial charge on any atom is 0.270 e. The zero-order valence-electron chi connectivity index (χ0n) is 10.7. The number of aromatic nitrogens is 1. The zero-order chi connectivity index (χ0) is 15.6. The second-order valence-electron chi connectivity index (χ2n) is 4.06. The van der Waals surface area contributed by atoms with Crippen LogP contribution in [0.15, 0.2) is 33.7 Å². The van der Waals surface area contributed by atoms with Gasteiger partial charge in [-0.1, -0.05) is 11.6 Å². The predicted molar refractivity (Wildman–Crippen MR) is 73.4 cm³/mol. The fourth-order valence-corrected chi connectivity index (χ4v) is 3.02. The van der Waals surface area contributed by atoms with Crippen LogP contribution in [0.4, 0.5) is 5.69 Å². The molecule has 2 aromatic rings. The highest BCUT2D eigenvalue weighted by Gasteiger charge is 2.22. The Balaban J connectivity index is 2.26. The molecule has 0 bridgehead atoms. The van der Waals surface area contributed by atoms with E-state index in [1.54, 1.807) is 6.92 Å². The van der Waals surface area contributed by atoms with Crippen LogP contribution in [0.3, 0.4) is 0 Å². The number of nitro benzene ring substituents is 1. The molecule has 21 heavy (non-hydrogen) atoms. The molecule has 0 saturated carbocycles. The molecule has 8 nitrogen and oxygen atoms in total. The summed E-state index contributed by atoms with van der Waals surface area (Å²) >= 11 is 5.79. The third-order valence-electron chi connectivity index (χ3n) is 2.50. The third kappa shape index (κ3) is 3.57. The highest BCUT2D eigenvalue weighted by molar-refractivity contribution is 7.89. The number of sulfonamides is 1. The molecule has 2 rings (SSSR count). The Morgan fingerprint density at radius 3 is 2.76 bits per heavy atom. The van der Waals surface area contributed by atoms with Crippen LogP contribution in [0.1, 0.15) is 11.7 Å². The maximum atomic E-state index is 12.1. The van der Waals surface area contributed by atoms with Crippen molar-refractivity contribution in [1.82, 2.24) is 9.71 Å². The van der Waals surface area contributed by atoms with Gasteiger partial charge in [0.15, 0.2) is 0 Å². The first kappa shape index (κ1) is 15.4. The molecule has 0 spiro atoms. The standard InChI is InChI=1S/C11H10ClN3O5S/c1-7-5-13-11(20-7)6-14-21(18,19)10-4-8(15(16)17)2-3-9(10)12/h2-5,14H,6H2,1H3. The number of nitro groups is 1. The minimum atomic E-state index is -4.02. The summed E-state index contributed by atoms with van der Waals surface area (Å²) in [6.07, 6.45) is 1.45. The molecule has 0 unspecified atom stereocenters. The number of benzene rings is 1. The summed E-state index contributed by atoms with van der Waals surface area (Å²) in [6.45, 7) is 1.48. The summed E-state index contributed by atoms with van der Waals surface area (Å²) in [5, 5.41) is 10.6. The molecule has 112 valence electrons. The van der Waals surface area contributed by atoms with Crippen LogP contribution in [0.5, 0.6) is 0 Å². The van der Waals surface area contributed by atoms with Gasteiger partial charge in [-0.05, 0) is 13.0 Å². The van der Waals surface area contributed by atoms with E-state index in [1.165, 1.54) is 6.20 Å². The molecule has 1 aromatic heterocycles. The van der Waals surface area contributed by atoms with Gasteiger partial charge < -0.3 is 4.42 Å². The maximum absolute atomic E-state index is 12.1. The van der Waals surface area contributed by atoms with E-state index in [1.807, 2.05) is 0 Å². The van der Waals surface area contributed by atoms with E-state index in [2.05, 4.69) is 9.71 Å². The minimum Gasteiger partial charge on any atom is -0.445 e. The molecule has 0 saturated heterocycles. The number of aryl methyl sites for hydroxylation is 1. The molecule has 0 amide bonds. The smallest absolute Gasteiger partial charge is 0.270 e. The van der Waals surface area contributed by atoms with Gasteiger partial charge in [0.2, 0.25) is 15.9 Å². The van der Waals surface area contributed by atoms with Crippen LogP contribution < -0.4 is 4.72 Å². The van der Waals surface area contributed by atoms with Gasteiger partial charge in [-0.3, -0.25) is 10.1 Å². The van der Waals surface area contributed by atoms with E-state index >= 15 is 0 Å². The molecule has 0 aliphatic rings. The van der Waals surface area contributed by atoms with Crippen molar-refractivity contribution < 1.29 is 17.8 Å². The Morgan fingerprint density at radius 2 is 2.19 bits per heavy atom. The van der Waals surface area contributed by atoms with E-state index in [0.717, 1.165) is 18.2 Å². The number of nitrogens with one attached hydrogen (secondary N) is 1. The Morgan fingerprint density at radius 1 is 1.48 bits per heavy atom. The van der Waals surface area contributed by atoms with E-state index in [0.29, 0.717) is 5.76 Å². The van der Waals surface area contributed by atoms with E-state index in [-0.39, 0.29) is 28.0 Å². The van der Waals surface area contributed by atoms with E-state index in [9.17, 15) is 18.5 Å². The van der Waals surface area contributed by atoms with Crippen LogP contribution in [0.25, 0.3) is 0 Å². The first-order chi connectivity index (χ1) is 9.79. The van der Waals surface area contributed by atoms with Crippen LogP contribution in [0, 0.1) is 17.0 Å². The number of hydrogen-bond donors (Lipinski definition) is 1. The summed E-state index contributed by atoms with van der Waals surface area (Å²) in [6, 6.07) is 3.17. The van der Waals surface area contributed by atoms with Crippen molar-refractivity contribution in [3.63, 3.8) is 0 Å². The zero-order valence-corrected chi connectivity index (χ0v) is 12.3. The van der Waals surface area contributed by atoms with Gasteiger partial charge in [0.05, 0.1) is 22.7 Å². The van der Waals surface area contributed by atoms with Crippen LogP contribution in [-0.2, 0) is 16.6 Å². The van der Waals surface area contributed by atoms with Gasteiger partial charge >= 0.3 is 0 Å². The van der Waals surface area contributed by atoms with Gasteiger partial charge in [-0.15, -0.1) is 0 Å². The molecule has 0 aliphatic carbocycles. The lowest BCUT2D eigenvalue weighted by molar-refractivity contribution is -0.385. The van der Waals surface area contributed by atoms with Crippen molar-refractivity contribution >= 4 is 27.3 Å². The summed E-state index contributed by atoms with van der Waals surface area (Å²) in [7, 11) is -4.02. The number of nitrogens with zero attached hydrogens (tertiary/aromatic N) is 2. The van der Waals surface area contributed by atoms with Gasteiger partial charge in [0.1, 0.15) is 10.7 Å². The number of hydrogen-bond acceptors (Lipinski definition) is 6. The van der Waals surface area contributed by atoms with E-state index < -0.39 is 14.9 Å². The molecule has 0 aliphatic heterocycles. The lowest BCUT2D eigenvalue weighted by atomic mass is 10.3. The molecular weight excluding hydrogens is 322 g/mol. The molecule has 1 heterocycles. The van der Waals surface area contributed by atoms with E-state index in [4.69, 9.17) is 16.0 Å². The number of oxazole rings is 1. The van der Waals surface area contributed by atoms with Crippen molar-refractivity contribution in [2.24, 2.45) is 0 Å². The number of halogens is 1. The molecule has 0 fully saturated rings. The average molecular weight is 332 g/mol.